The number of aliphatic hydroxyl groups excluding tert-OH is 1. The summed E-state index contributed by atoms with van der Waals surface area (Å²) in [7, 11) is 0. The van der Waals surface area contributed by atoms with Crippen LogP contribution in [0.4, 0.5) is 0 Å². The number of hydrogen-bond acceptors (Lipinski definition) is 3. The van der Waals surface area contributed by atoms with Crippen LogP contribution in [0.15, 0.2) is 0 Å². The molecule has 17 heavy (non-hydrogen) atoms. The van der Waals surface area contributed by atoms with Gasteiger partial charge in [0.2, 0.25) is 0 Å². The predicted octanol–water partition coefficient (Wildman–Crippen LogP) is 1.81. The van der Waals surface area contributed by atoms with Gasteiger partial charge in [-0.25, -0.2) is 0 Å². The van der Waals surface area contributed by atoms with E-state index in [4.69, 9.17) is 0 Å². The second-order valence-electron chi connectivity index (χ2n) is 5.18. The fourth-order valence-electron chi connectivity index (χ4n) is 2.33. The Bertz CT molecular complexity index is 191. The van der Waals surface area contributed by atoms with Gasteiger partial charge in [0.1, 0.15) is 0 Å². The first-order valence-electron chi connectivity index (χ1n) is 7.33. The standard InChI is InChI=1S/C14H30N2O/c1-4-15(5-2)10-7-11-16(6-3)12-14(17)13-8-9-13/h13-14,17H,4-12H2,1-3H3. The number of nitrogens with zero attached hydrogens (tertiary/aromatic N) is 2. The zero-order chi connectivity index (χ0) is 12.7. The molecular weight excluding hydrogens is 212 g/mol. The summed E-state index contributed by atoms with van der Waals surface area (Å²) in [6.45, 7) is 13.2. The first kappa shape index (κ1) is 14.9. The van der Waals surface area contributed by atoms with E-state index in [0.29, 0.717) is 5.92 Å². The van der Waals surface area contributed by atoms with Crippen LogP contribution < -0.4 is 0 Å². The van der Waals surface area contributed by atoms with E-state index in [9.17, 15) is 5.11 Å². The Balaban J connectivity index is 2.12. The first-order valence-corrected chi connectivity index (χ1v) is 7.33. The summed E-state index contributed by atoms with van der Waals surface area (Å²) >= 11 is 0. The molecule has 1 fully saturated rings. The molecule has 0 radical (unpaired) electrons. The number of likely N-dealkylation sites (N-methyl/N-ethyl adjacent to an activating group) is 1. The van der Waals surface area contributed by atoms with Crippen molar-refractivity contribution in [2.75, 3.05) is 39.3 Å². The van der Waals surface area contributed by atoms with Crippen molar-refractivity contribution in [2.24, 2.45) is 5.92 Å². The van der Waals surface area contributed by atoms with E-state index in [-0.39, 0.29) is 6.10 Å². The highest BCUT2D eigenvalue weighted by Crippen LogP contribution is 2.32. The monoisotopic (exact) mass is 242 g/mol. The maximum atomic E-state index is 9.94. The van der Waals surface area contributed by atoms with Crippen molar-refractivity contribution >= 4 is 0 Å². The highest BCUT2D eigenvalue weighted by molar-refractivity contribution is 4.82. The van der Waals surface area contributed by atoms with Gasteiger partial charge in [-0.2, -0.15) is 0 Å². The second-order valence-corrected chi connectivity index (χ2v) is 5.18. The Labute approximate surface area is 107 Å². The SMILES string of the molecule is CCN(CC)CCCN(CC)CC(O)C1CC1. The lowest BCUT2D eigenvalue weighted by Crippen LogP contribution is -2.35. The van der Waals surface area contributed by atoms with Gasteiger partial charge >= 0.3 is 0 Å². The molecule has 0 spiro atoms. The van der Waals surface area contributed by atoms with Gasteiger partial charge in [-0.15, -0.1) is 0 Å². The molecule has 0 amide bonds. The highest BCUT2D eigenvalue weighted by Gasteiger charge is 2.30. The molecule has 0 aromatic rings. The van der Waals surface area contributed by atoms with E-state index >= 15 is 0 Å². The molecule has 0 aromatic heterocycles. The van der Waals surface area contributed by atoms with Crippen molar-refractivity contribution < 1.29 is 5.11 Å². The highest BCUT2D eigenvalue weighted by atomic mass is 16.3. The van der Waals surface area contributed by atoms with Crippen molar-refractivity contribution in [3.63, 3.8) is 0 Å². The fourth-order valence-corrected chi connectivity index (χ4v) is 2.33. The predicted molar refractivity (Wildman–Crippen MR) is 73.2 cm³/mol. The lowest BCUT2D eigenvalue weighted by atomic mass is 10.2. The quantitative estimate of drug-likeness (QED) is 0.633. The molecule has 1 atom stereocenters. The molecule has 1 saturated carbocycles. The average Bonchev–Trinajstić information content (AvgIpc) is 3.17. The summed E-state index contributed by atoms with van der Waals surface area (Å²) in [5.74, 6) is 0.604. The van der Waals surface area contributed by atoms with Gasteiger partial charge in [-0.3, -0.25) is 0 Å². The van der Waals surface area contributed by atoms with E-state index in [1.165, 1.54) is 25.8 Å². The molecule has 102 valence electrons. The minimum Gasteiger partial charge on any atom is -0.392 e. The number of hydrogen-bond donors (Lipinski definition) is 1. The summed E-state index contributed by atoms with van der Waals surface area (Å²) in [5, 5.41) is 9.94. The van der Waals surface area contributed by atoms with Crippen LogP contribution in [0.5, 0.6) is 0 Å². The van der Waals surface area contributed by atoms with Crippen molar-refractivity contribution in [3.05, 3.63) is 0 Å². The first-order chi connectivity index (χ1) is 8.21. The Hall–Kier alpha value is -0.120. The Kier molecular flexibility index (Phi) is 7.09. The summed E-state index contributed by atoms with van der Waals surface area (Å²) in [5.41, 5.74) is 0. The van der Waals surface area contributed by atoms with Crippen LogP contribution in [-0.4, -0.2) is 60.3 Å². The van der Waals surface area contributed by atoms with Crippen molar-refractivity contribution in [1.82, 2.24) is 9.80 Å². The molecule has 3 nitrogen and oxygen atoms in total. The van der Waals surface area contributed by atoms with Crippen molar-refractivity contribution in [1.29, 1.82) is 0 Å². The lowest BCUT2D eigenvalue weighted by Gasteiger charge is -2.25. The molecule has 1 aliphatic rings. The van der Waals surface area contributed by atoms with E-state index in [2.05, 4.69) is 30.6 Å². The van der Waals surface area contributed by atoms with Gasteiger partial charge in [-0.1, -0.05) is 20.8 Å². The molecule has 0 aromatic carbocycles. The van der Waals surface area contributed by atoms with E-state index in [1.54, 1.807) is 0 Å². The largest absolute Gasteiger partial charge is 0.392 e. The third-order valence-electron chi connectivity index (χ3n) is 3.90. The lowest BCUT2D eigenvalue weighted by molar-refractivity contribution is 0.0951. The molecule has 3 heteroatoms. The molecular formula is C14H30N2O. The second kappa shape index (κ2) is 8.06. The van der Waals surface area contributed by atoms with Crippen LogP contribution in [0.3, 0.4) is 0 Å². The maximum Gasteiger partial charge on any atom is 0.0695 e. The van der Waals surface area contributed by atoms with Crippen LogP contribution in [-0.2, 0) is 0 Å². The number of aliphatic hydroxyl groups is 1. The third-order valence-corrected chi connectivity index (χ3v) is 3.90. The van der Waals surface area contributed by atoms with Gasteiger partial charge in [-0.05, 0) is 57.9 Å². The van der Waals surface area contributed by atoms with Crippen LogP contribution in [0.1, 0.15) is 40.0 Å². The van der Waals surface area contributed by atoms with Crippen molar-refractivity contribution in [2.45, 2.75) is 46.1 Å². The van der Waals surface area contributed by atoms with Crippen molar-refractivity contribution in [3.8, 4) is 0 Å². The topological polar surface area (TPSA) is 26.7 Å². The van der Waals surface area contributed by atoms with Gasteiger partial charge in [0.25, 0.3) is 0 Å². The Morgan fingerprint density at radius 1 is 1.00 bits per heavy atom. The van der Waals surface area contributed by atoms with Gasteiger partial charge < -0.3 is 14.9 Å². The summed E-state index contributed by atoms with van der Waals surface area (Å²) in [6, 6.07) is 0. The minimum absolute atomic E-state index is 0.0802. The summed E-state index contributed by atoms with van der Waals surface area (Å²) in [6.07, 6.45) is 3.60. The van der Waals surface area contributed by atoms with Crippen LogP contribution in [0.2, 0.25) is 0 Å². The molecule has 0 bridgehead atoms. The molecule has 1 rings (SSSR count). The number of rotatable bonds is 10. The summed E-state index contributed by atoms with van der Waals surface area (Å²) in [4.78, 5) is 4.86. The summed E-state index contributed by atoms with van der Waals surface area (Å²) < 4.78 is 0. The molecule has 0 heterocycles. The normalized spacial score (nSPS) is 18.0. The maximum absolute atomic E-state index is 9.94. The van der Waals surface area contributed by atoms with Gasteiger partial charge in [0.05, 0.1) is 6.10 Å². The van der Waals surface area contributed by atoms with Crippen LogP contribution in [0.25, 0.3) is 0 Å². The zero-order valence-electron chi connectivity index (χ0n) is 11.9. The van der Waals surface area contributed by atoms with Crippen LogP contribution in [0, 0.1) is 5.92 Å². The molecule has 1 aliphatic carbocycles. The van der Waals surface area contributed by atoms with Crippen LogP contribution >= 0.6 is 0 Å². The minimum atomic E-state index is -0.0802. The molecule has 0 aliphatic heterocycles. The van der Waals surface area contributed by atoms with E-state index in [0.717, 1.165) is 32.7 Å². The average molecular weight is 242 g/mol. The zero-order valence-corrected chi connectivity index (χ0v) is 11.9. The fraction of sp³-hybridized carbons (Fsp3) is 1.00. The van der Waals surface area contributed by atoms with E-state index in [1.807, 2.05) is 0 Å². The molecule has 1 unspecified atom stereocenters. The smallest absolute Gasteiger partial charge is 0.0695 e. The Morgan fingerprint density at radius 2 is 1.53 bits per heavy atom. The molecule has 1 N–H and O–H groups in total. The third kappa shape index (κ3) is 5.84. The van der Waals surface area contributed by atoms with Gasteiger partial charge in [0, 0.05) is 6.54 Å². The van der Waals surface area contributed by atoms with Gasteiger partial charge in [0.15, 0.2) is 0 Å². The Morgan fingerprint density at radius 3 is 2.00 bits per heavy atom. The van der Waals surface area contributed by atoms with E-state index < -0.39 is 0 Å². The molecule has 0 saturated heterocycles.